The summed E-state index contributed by atoms with van der Waals surface area (Å²) in [6, 6.07) is -0.648. The number of ether oxygens (including phenoxy) is 1. The van der Waals surface area contributed by atoms with E-state index in [1.807, 2.05) is 6.92 Å². The van der Waals surface area contributed by atoms with Gasteiger partial charge in [0.05, 0.1) is 0 Å². The van der Waals surface area contributed by atoms with Gasteiger partial charge >= 0.3 is 12.1 Å². The van der Waals surface area contributed by atoms with Gasteiger partial charge in [0.25, 0.3) is 0 Å². The first kappa shape index (κ1) is 20.5. The summed E-state index contributed by atoms with van der Waals surface area (Å²) < 4.78 is 5.01. The van der Waals surface area contributed by atoms with Gasteiger partial charge in [-0.05, 0) is 27.2 Å². The lowest BCUT2D eigenvalue weighted by atomic mass is 10.1. The van der Waals surface area contributed by atoms with Crippen LogP contribution >= 0.6 is 0 Å². The molecule has 0 aromatic carbocycles. The van der Waals surface area contributed by atoms with Crippen LogP contribution in [0.25, 0.3) is 0 Å². The number of aliphatic carboxylic acids is 1. The molecule has 0 fully saturated rings. The number of hydrogen-bond acceptors (Lipinski definition) is 4. The van der Waals surface area contributed by atoms with Crippen LogP contribution in [0.2, 0.25) is 0 Å². The maximum Gasteiger partial charge on any atom is 0.408 e. The Morgan fingerprint density at radius 3 is 1.95 bits per heavy atom. The van der Waals surface area contributed by atoms with Gasteiger partial charge in [0.15, 0.2) is 0 Å². The summed E-state index contributed by atoms with van der Waals surface area (Å²) in [5, 5.41) is 10.2. The summed E-state index contributed by atoms with van der Waals surface area (Å²) in [7, 11) is 0. The first-order valence-corrected chi connectivity index (χ1v) is 6.54. The van der Waals surface area contributed by atoms with Crippen LogP contribution in [-0.2, 0) is 14.3 Å². The molecular weight excluding hydrogens is 264 g/mol. The van der Waals surface area contributed by atoms with Crippen molar-refractivity contribution in [3.05, 3.63) is 0 Å². The van der Waals surface area contributed by atoms with Crippen molar-refractivity contribution in [2.75, 3.05) is 0 Å². The molecule has 20 heavy (non-hydrogen) atoms. The van der Waals surface area contributed by atoms with Gasteiger partial charge in [0.2, 0.25) is 5.91 Å². The second kappa shape index (κ2) is 10.1. The SMILES string of the molecule is CCC(=O)O.CCC[C@H](NC(=O)OC(C)(C)C)C(N)=O. The molecule has 7 heteroatoms. The van der Waals surface area contributed by atoms with Crippen molar-refractivity contribution in [1.82, 2.24) is 5.32 Å². The normalized spacial score (nSPS) is 11.7. The molecule has 0 rings (SSSR count). The fraction of sp³-hybridized carbons (Fsp3) is 0.769. The summed E-state index contributed by atoms with van der Waals surface area (Å²) in [5.41, 5.74) is 4.55. The standard InChI is InChI=1S/C10H20N2O3.C3H6O2/c1-5-6-7(8(11)13)12-9(14)15-10(2,3)4;1-2-3(4)5/h7H,5-6H2,1-4H3,(H2,11,13)(H,12,14);2H2,1H3,(H,4,5)/t7-;/m0./s1. The number of alkyl carbamates (subject to hydrolysis) is 1. The molecule has 4 N–H and O–H groups in total. The summed E-state index contributed by atoms with van der Waals surface area (Å²) in [4.78, 5) is 31.6. The van der Waals surface area contributed by atoms with Crippen molar-refractivity contribution in [1.29, 1.82) is 0 Å². The highest BCUT2D eigenvalue weighted by molar-refractivity contribution is 5.84. The molecule has 0 heterocycles. The molecule has 0 aliphatic rings. The lowest BCUT2D eigenvalue weighted by Crippen LogP contribution is -2.46. The van der Waals surface area contributed by atoms with Crippen molar-refractivity contribution in [2.24, 2.45) is 5.73 Å². The monoisotopic (exact) mass is 290 g/mol. The molecule has 0 aromatic rings. The van der Waals surface area contributed by atoms with E-state index in [0.717, 1.165) is 6.42 Å². The topological polar surface area (TPSA) is 119 Å². The number of primary amides is 1. The fourth-order valence-corrected chi connectivity index (χ4v) is 1.02. The first-order chi connectivity index (χ1) is 9.03. The number of nitrogens with two attached hydrogens (primary N) is 1. The molecule has 0 aromatic heterocycles. The van der Waals surface area contributed by atoms with Crippen LogP contribution in [0.5, 0.6) is 0 Å². The average Bonchev–Trinajstić information content (AvgIpc) is 2.26. The Balaban J connectivity index is 0. The summed E-state index contributed by atoms with van der Waals surface area (Å²) in [6.07, 6.45) is 0.901. The van der Waals surface area contributed by atoms with E-state index in [1.165, 1.54) is 0 Å². The van der Waals surface area contributed by atoms with Gasteiger partial charge in [0, 0.05) is 6.42 Å². The van der Waals surface area contributed by atoms with Crippen LogP contribution in [-0.4, -0.2) is 34.7 Å². The number of carbonyl (C=O) groups excluding carboxylic acids is 2. The van der Waals surface area contributed by atoms with E-state index >= 15 is 0 Å². The minimum absolute atomic E-state index is 0.222. The summed E-state index contributed by atoms with van der Waals surface area (Å²) in [5.74, 6) is -1.28. The van der Waals surface area contributed by atoms with Crippen molar-refractivity contribution < 1.29 is 24.2 Å². The smallest absolute Gasteiger partial charge is 0.408 e. The molecule has 0 saturated carbocycles. The van der Waals surface area contributed by atoms with Crippen molar-refractivity contribution >= 4 is 18.0 Å². The number of carboxylic acid groups (broad SMARTS) is 1. The van der Waals surface area contributed by atoms with E-state index in [0.29, 0.717) is 6.42 Å². The Hall–Kier alpha value is -1.79. The third-order valence-electron chi connectivity index (χ3n) is 1.91. The lowest BCUT2D eigenvalue weighted by Gasteiger charge is -2.22. The zero-order valence-corrected chi connectivity index (χ0v) is 12.9. The Labute approximate surface area is 119 Å². The average molecular weight is 290 g/mol. The zero-order valence-electron chi connectivity index (χ0n) is 12.9. The molecule has 7 nitrogen and oxygen atoms in total. The molecule has 118 valence electrons. The molecule has 0 saturated heterocycles. The Kier molecular flexibility index (Phi) is 10.3. The van der Waals surface area contributed by atoms with Gasteiger partial charge < -0.3 is 20.9 Å². The maximum atomic E-state index is 11.3. The van der Waals surface area contributed by atoms with E-state index in [-0.39, 0.29) is 6.42 Å². The van der Waals surface area contributed by atoms with Crippen molar-refractivity contribution in [2.45, 2.75) is 65.5 Å². The summed E-state index contributed by atoms with van der Waals surface area (Å²) in [6.45, 7) is 8.78. The van der Waals surface area contributed by atoms with Gasteiger partial charge in [-0.2, -0.15) is 0 Å². The van der Waals surface area contributed by atoms with E-state index in [9.17, 15) is 14.4 Å². The molecule has 0 bridgehead atoms. The van der Waals surface area contributed by atoms with E-state index in [2.05, 4.69) is 5.32 Å². The molecule has 0 spiro atoms. The molecule has 2 amide bonds. The minimum Gasteiger partial charge on any atom is -0.481 e. The molecular formula is C13H26N2O5. The Morgan fingerprint density at radius 2 is 1.70 bits per heavy atom. The predicted octanol–water partition coefficient (Wildman–Crippen LogP) is 1.65. The van der Waals surface area contributed by atoms with E-state index < -0.39 is 29.6 Å². The van der Waals surface area contributed by atoms with Gasteiger partial charge in [-0.1, -0.05) is 20.3 Å². The fourth-order valence-electron chi connectivity index (χ4n) is 1.02. The zero-order chi connectivity index (χ0) is 16.3. The van der Waals surface area contributed by atoms with Crippen LogP contribution in [0.15, 0.2) is 0 Å². The molecule has 0 radical (unpaired) electrons. The predicted molar refractivity (Wildman–Crippen MR) is 75.2 cm³/mol. The number of rotatable bonds is 5. The maximum absolute atomic E-state index is 11.3. The van der Waals surface area contributed by atoms with Crippen LogP contribution in [0, 0.1) is 0 Å². The van der Waals surface area contributed by atoms with Crippen molar-refractivity contribution in [3.63, 3.8) is 0 Å². The number of carbonyl (C=O) groups is 3. The van der Waals surface area contributed by atoms with Gasteiger partial charge in [-0.3, -0.25) is 9.59 Å². The number of amides is 2. The lowest BCUT2D eigenvalue weighted by molar-refractivity contribution is -0.136. The second-order valence-electron chi connectivity index (χ2n) is 5.14. The molecule has 0 aliphatic heterocycles. The number of carboxylic acids is 1. The minimum atomic E-state index is -0.745. The molecule has 0 unspecified atom stereocenters. The van der Waals surface area contributed by atoms with Gasteiger partial charge in [0.1, 0.15) is 11.6 Å². The Bertz CT molecular complexity index is 323. The van der Waals surface area contributed by atoms with Gasteiger partial charge in [-0.15, -0.1) is 0 Å². The third-order valence-corrected chi connectivity index (χ3v) is 1.91. The number of hydrogen-bond donors (Lipinski definition) is 3. The van der Waals surface area contributed by atoms with Crippen LogP contribution in [0.3, 0.4) is 0 Å². The third kappa shape index (κ3) is 14.3. The highest BCUT2D eigenvalue weighted by atomic mass is 16.6. The van der Waals surface area contributed by atoms with Crippen LogP contribution in [0.1, 0.15) is 53.9 Å². The summed E-state index contributed by atoms with van der Waals surface area (Å²) >= 11 is 0. The Morgan fingerprint density at radius 1 is 1.25 bits per heavy atom. The van der Waals surface area contributed by atoms with E-state index in [1.54, 1.807) is 27.7 Å². The van der Waals surface area contributed by atoms with Crippen LogP contribution in [0.4, 0.5) is 4.79 Å². The van der Waals surface area contributed by atoms with Crippen molar-refractivity contribution in [3.8, 4) is 0 Å². The van der Waals surface area contributed by atoms with Gasteiger partial charge in [-0.25, -0.2) is 4.79 Å². The highest BCUT2D eigenvalue weighted by Gasteiger charge is 2.21. The van der Waals surface area contributed by atoms with Crippen LogP contribution < -0.4 is 11.1 Å². The second-order valence-corrected chi connectivity index (χ2v) is 5.14. The van der Waals surface area contributed by atoms with E-state index in [4.69, 9.17) is 15.6 Å². The molecule has 1 atom stereocenters. The first-order valence-electron chi connectivity index (χ1n) is 6.54. The quantitative estimate of drug-likeness (QED) is 0.711. The highest BCUT2D eigenvalue weighted by Crippen LogP contribution is 2.07. The number of nitrogens with one attached hydrogen (secondary N) is 1. The largest absolute Gasteiger partial charge is 0.481 e. The molecule has 0 aliphatic carbocycles.